The van der Waals surface area contributed by atoms with Crippen molar-refractivity contribution in [3.63, 3.8) is 0 Å². The average molecular weight is 404 g/mol. The zero-order chi connectivity index (χ0) is 20.2. The van der Waals surface area contributed by atoms with Gasteiger partial charge < -0.3 is 14.5 Å². The molecule has 30 heavy (non-hydrogen) atoms. The van der Waals surface area contributed by atoms with E-state index >= 15 is 0 Å². The fourth-order valence-electron chi connectivity index (χ4n) is 4.15. The summed E-state index contributed by atoms with van der Waals surface area (Å²) >= 11 is 0. The van der Waals surface area contributed by atoms with Gasteiger partial charge in [0.15, 0.2) is 0 Å². The second kappa shape index (κ2) is 9.00. The molecule has 5 rings (SSSR count). The smallest absolute Gasteiger partial charge is 0.248 e. The molecular weight excluding hydrogens is 374 g/mol. The number of benzene rings is 2. The van der Waals surface area contributed by atoms with Gasteiger partial charge in [-0.2, -0.15) is 0 Å². The molecule has 2 aliphatic carbocycles. The van der Waals surface area contributed by atoms with Gasteiger partial charge in [-0.25, -0.2) is 0 Å². The van der Waals surface area contributed by atoms with Crippen molar-refractivity contribution in [3.8, 4) is 28.7 Å². The van der Waals surface area contributed by atoms with Crippen LogP contribution in [0.3, 0.4) is 0 Å². The highest BCUT2D eigenvalue weighted by Crippen LogP contribution is 2.28. The number of hydrogen-bond donors (Lipinski definition) is 1. The van der Waals surface area contributed by atoms with E-state index in [-0.39, 0.29) is 0 Å². The highest BCUT2D eigenvalue weighted by molar-refractivity contribution is 5.58. The SMILES string of the molecule is c1cc(-c2nnc(-c3ccc(OC4CCCCC4)cc3)o2)ccc1CNC1CCC1. The maximum Gasteiger partial charge on any atom is 0.248 e. The van der Waals surface area contributed by atoms with Gasteiger partial charge in [0.05, 0.1) is 6.10 Å². The summed E-state index contributed by atoms with van der Waals surface area (Å²) in [5.41, 5.74) is 3.13. The van der Waals surface area contributed by atoms with E-state index < -0.39 is 0 Å². The Morgan fingerprint density at radius 3 is 2.00 bits per heavy atom. The van der Waals surface area contributed by atoms with Gasteiger partial charge in [0.2, 0.25) is 11.8 Å². The molecule has 156 valence electrons. The molecule has 0 bridgehead atoms. The fourth-order valence-corrected chi connectivity index (χ4v) is 4.15. The van der Waals surface area contributed by atoms with Crippen molar-refractivity contribution < 1.29 is 9.15 Å². The second-order valence-electron chi connectivity index (χ2n) is 8.52. The van der Waals surface area contributed by atoms with Gasteiger partial charge in [0, 0.05) is 23.7 Å². The summed E-state index contributed by atoms with van der Waals surface area (Å²) in [6.07, 6.45) is 10.5. The van der Waals surface area contributed by atoms with Crippen molar-refractivity contribution in [2.24, 2.45) is 0 Å². The molecule has 2 saturated carbocycles. The zero-order valence-corrected chi connectivity index (χ0v) is 17.3. The lowest BCUT2D eigenvalue weighted by molar-refractivity contribution is 0.155. The van der Waals surface area contributed by atoms with E-state index in [0.29, 0.717) is 23.9 Å². The van der Waals surface area contributed by atoms with Gasteiger partial charge >= 0.3 is 0 Å². The lowest BCUT2D eigenvalue weighted by atomic mass is 9.93. The topological polar surface area (TPSA) is 60.2 Å². The number of hydrogen-bond acceptors (Lipinski definition) is 5. The van der Waals surface area contributed by atoms with Crippen molar-refractivity contribution >= 4 is 0 Å². The largest absolute Gasteiger partial charge is 0.490 e. The molecule has 3 aromatic rings. The molecule has 1 heterocycles. The molecule has 5 nitrogen and oxygen atoms in total. The summed E-state index contributed by atoms with van der Waals surface area (Å²) in [7, 11) is 0. The van der Waals surface area contributed by atoms with Crippen LogP contribution in [0.2, 0.25) is 0 Å². The third-order valence-corrected chi connectivity index (χ3v) is 6.28. The molecule has 0 aliphatic heterocycles. The van der Waals surface area contributed by atoms with E-state index in [9.17, 15) is 0 Å². The van der Waals surface area contributed by atoms with Crippen LogP contribution in [-0.2, 0) is 6.54 Å². The molecule has 0 saturated heterocycles. The molecule has 5 heteroatoms. The van der Waals surface area contributed by atoms with E-state index in [1.165, 1.54) is 44.1 Å². The lowest BCUT2D eigenvalue weighted by Gasteiger charge is -2.26. The summed E-state index contributed by atoms with van der Waals surface area (Å²) in [5, 5.41) is 12.1. The predicted molar refractivity (Wildman–Crippen MR) is 117 cm³/mol. The Morgan fingerprint density at radius 2 is 1.40 bits per heavy atom. The van der Waals surface area contributed by atoms with Crippen LogP contribution in [0.1, 0.15) is 56.9 Å². The minimum Gasteiger partial charge on any atom is -0.490 e. The van der Waals surface area contributed by atoms with Gasteiger partial charge in [-0.1, -0.05) is 25.0 Å². The summed E-state index contributed by atoms with van der Waals surface area (Å²) < 4.78 is 12.0. The molecule has 2 aromatic carbocycles. The maximum atomic E-state index is 6.11. The van der Waals surface area contributed by atoms with Crippen molar-refractivity contribution in [2.45, 2.75) is 70.1 Å². The van der Waals surface area contributed by atoms with Gasteiger partial charge in [0.1, 0.15) is 5.75 Å². The minimum atomic E-state index is 0.353. The Morgan fingerprint density at radius 1 is 0.767 bits per heavy atom. The standard InChI is InChI=1S/C25H29N3O2/c1-2-7-22(8-3-1)29-23-15-13-20(14-16-23)25-28-27-24(30-25)19-11-9-18(10-12-19)17-26-21-5-4-6-21/h9-16,21-22,26H,1-8,17H2. The molecule has 1 aromatic heterocycles. The van der Waals surface area contributed by atoms with Crippen molar-refractivity contribution in [2.75, 3.05) is 0 Å². The quantitative estimate of drug-likeness (QED) is 0.544. The molecule has 1 N–H and O–H groups in total. The van der Waals surface area contributed by atoms with E-state index in [0.717, 1.165) is 36.3 Å². The predicted octanol–water partition coefficient (Wildman–Crippen LogP) is 5.76. The van der Waals surface area contributed by atoms with Crippen LogP contribution in [0, 0.1) is 0 Å². The van der Waals surface area contributed by atoms with Gasteiger partial charge in [0.25, 0.3) is 0 Å². The highest BCUT2D eigenvalue weighted by atomic mass is 16.5. The summed E-state index contributed by atoms with van der Waals surface area (Å²) in [5.74, 6) is 1.99. The molecule has 2 aliphatic rings. The van der Waals surface area contributed by atoms with Crippen LogP contribution in [0.15, 0.2) is 52.9 Å². The third kappa shape index (κ3) is 4.57. The number of nitrogens with one attached hydrogen (secondary N) is 1. The molecule has 0 spiro atoms. The van der Waals surface area contributed by atoms with Crippen LogP contribution in [0.25, 0.3) is 22.9 Å². The first kappa shape index (κ1) is 19.3. The third-order valence-electron chi connectivity index (χ3n) is 6.28. The monoisotopic (exact) mass is 403 g/mol. The Bertz CT molecular complexity index is 939. The number of ether oxygens (including phenoxy) is 1. The number of aromatic nitrogens is 2. The van der Waals surface area contributed by atoms with Crippen molar-refractivity contribution in [3.05, 3.63) is 54.1 Å². The zero-order valence-electron chi connectivity index (χ0n) is 17.3. The Balaban J connectivity index is 1.21. The summed E-state index contributed by atoms with van der Waals surface area (Å²) in [6, 6.07) is 17.0. The number of rotatable bonds is 7. The molecule has 0 atom stereocenters. The van der Waals surface area contributed by atoms with E-state index in [2.05, 4.69) is 39.8 Å². The van der Waals surface area contributed by atoms with E-state index in [1.54, 1.807) is 0 Å². The average Bonchev–Trinajstić information content (AvgIpc) is 3.25. The Labute approximate surface area is 177 Å². The molecule has 0 unspecified atom stereocenters. The molecule has 0 amide bonds. The summed E-state index contributed by atoms with van der Waals surface area (Å²) in [4.78, 5) is 0. The van der Waals surface area contributed by atoms with Gasteiger partial charge in [-0.3, -0.25) is 0 Å². The normalized spacial score (nSPS) is 17.6. The van der Waals surface area contributed by atoms with Gasteiger partial charge in [-0.05, 0) is 80.5 Å². The minimum absolute atomic E-state index is 0.353. The highest BCUT2D eigenvalue weighted by Gasteiger charge is 2.17. The molecule has 0 radical (unpaired) electrons. The van der Waals surface area contributed by atoms with Gasteiger partial charge in [-0.15, -0.1) is 10.2 Å². The van der Waals surface area contributed by atoms with Crippen LogP contribution in [-0.4, -0.2) is 22.3 Å². The van der Waals surface area contributed by atoms with Crippen LogP contribution in [0.5, 0.6) is 5.75 Å². The first-order valence-electron chi connectivity index (χ1n) is 11.3. The molecular formula is C25H29N3O2. The van der Waals surface area contributed by atoms with Crippen LogP contribution < -0.4 is 10.1 Å². The fraction of sp³-hybridized carbons (Fsp3) is 0.440. The second-order valence-corrected chi connectivity index (χ2v) is 8.52. The number of nitrogens with zero attached hydrogens (tertiary/aromatic N) is 2. The Kier molecular flexibility index (Phi) is 5.80. The first-order chi connectivity index (χ1) is 14.8. The van der Waals surface area contributed by atoms with Crippen LogP contribution >= 0.6 is 0 Å². The lowest BCUT2D eigenvalue weighted by Crippen LogP contribution is -2.34. The van der Waals surface area contributed by atoms with Crippen LogP contribution in [0.4, 0.5) is 0 Å². The summed E-state index contributed by atoms with van der Waals surface area (Å²) in [6.45, 7) is 0.912. The molecule has 2 fully saturated rings. The van der Waals surface area contributed by atoms with E-state index in [4.69, 9.17) is 9.15 Å². The van der Waals surface area contributed by atoms with Crippen molar-refractivity contribution in [1.29, 1.82) is 0 Å². The van der Waals surface area contributed by atoms with Crippen molar-refractivity contribution in [1.82, 2.24) is 15.5 Å². The first-order valence-corrected chi connectivity index (χ1v) is 11.3. The maximum absolute atomic E-state index is 6.11. The van der Waals surface area contributed by atoms with E-state index in [1.807, 2.05) is 24.3 Å². The Hall–Kier alpha value is -2.66.